The molecule has 3 aliphatic heterocycles. The van der Waals surface area contributed by atoms with Crippen LogP contribution in [0, 0.1) is 24.2 Å². The minimum atomic E-state index is -0.247. The van der Waals surface area contributed by atoms with E-state index in [2.05, 4.69) is 42.2 Å². The molecule has 1 aromatic carbocycles. The first-order chi connectivity index (χ1) is 19.9. The molecule has 1 unspecified atom stereocenters. The van der Waals surface area contributed by atoms with Crippen LogP contribution in [0.3, 0.4) is 0 Å². The highest BCUT2D eigenvalue weighted by Crippen LogP contribution is 2.37. The second kappa shape index (κ2) is 13.4. The first-order valence-corrected chi connectivity index (χ1v) is 16.0. The zero-order valence-electron chi connectivity index (χ0n) is 23.9. The summed E-state index contributed by atoms with van der Waals surface area (Å²) in [6, 6.07) is 12.8. The van der Waals surface area contributed by atoms with Gasteiger partial charge in [-0.05, 0) is 68.6 Å². The fourth-order valence-electron chi connectivity index (χ4n) is 6.09. The molecule has 1 amide bonds. The second-order valence-corrected chi connectivity index (χ2v) is 12.9. The number of amides is 1. The van der Waals surface area contributed by atoms with Crippen LogP contribution in [0.15, 0.2) is 40.0 Å². The van der Waals surface area contributed by atoms with E-state index in [-0.39, 0.29) is 23.1 Å². The molecular formula is C32H38N4O3S2. The van der Waals surface area contributed by atoms with Gasteiger partial charge in [0.05, 0.1) is 17.6 Å². The fourth-order valence-corrected chi connectivity index (χ4v) is 7.34. The van der Waals surface area contributed by atoms with Crippen molar-refractivity contribution in [2.45, 2.75) is 71.4 Å². The normalized spacial score (nSPS) is 20.8. The summed E-state index contributed by atoms with van der Waals surface area (Å²) in [6.45, 7) is 7.27. The molecular weight excluding hydrogens is 553 g/mol. The lowest BCUT2D eigenvalue weighted by molar-refractivity contribution is -0.123. The number of thiocarbonyl (C=S) groups is 1. The maximum absolute atomic E-state index is 13.6. The summed E-state index contributed by atoms with van der Waals surface area (Å²) in [7, 11) is 0. The Hall–Kier alpha value is -2.93. The van der Waals surface area contributed by atoms with Crippen LogP contribution in [0.4, 0.5) is 5.82 Å². The molecule has 0 saturated carbocycles. The highest BCUT2D eigenvalue weighted by atomic mass is 32.2. The zero-order chi connectivity index (χ0) is 28.9. The van der Waals surface area contributed by atoms with Crippen molar-refractivity contribution in [1.82, 2.24) is 9.47 Å². The van der Waals surface area contributed by atoms with Crippen LogP contribution >= 0.6 is 24.0 Å². The minimum absolute atomic E-state index is 0.00692. The van der Waals surface area contributed by atoms with Gasteiger partial charge in [0.25, 0.3) is 11.5 Å². The van der Waals surface area contributed by atoms with Crippen LogP contribution in [-0.2, 0) is 22.5 Å². The van der Waals surface area contributed by atoms with Gasteiger partial charge < -0.3 is 9.64 Å². The number of anilines is 1. The number of nitrogens with zero attached hydrogens (tertiary/aromatic N) is 4. The van der Waals surface area contributed by atoms with Crippen LogP contribution in [0.1, 0.15) is 67.7 Å². The van der Waals surface area contributed by atoms with Crippen molar-refractivity contribution in [3.05, 3.63) is 67.8 Å². The van der Waals surface area contributed by atoms with Gasteiger partial charge in [-0.15, -0.1) is 0 Å². The minimum Gasteiger partial charge on any atom is -0.376 e. The van der Waals surface area contributed by atoms with E-state index in [1.165, 1.54) is 17.3 Å². The number of hydrogen-bond donors (Lipinski definition) is 0. The number of ether oxygens (including phenoxy) is 1. The van der Waals surface area contributed by atoms with Crippen molar-refractivity contribution >= 4 is 46.1 Å². The van der Waals surface area contributed by atoms with Gasteiger partial charge in [-0.2, -0.15) is 5.26 Å². The van der Waals surface area contributed by atoms with Crippen molar-refractivity contribution in [2.24, 2.45) is 5.92 Å². The topological polar surface area (TPSA) is 78.6 Å². The average Bonchev–Trinajstić information content (AvgIpc) is 3.59. The third kappa shape index (κ3) is 6.45. The standard InChI is InChI=1S/C32H38N4O3S2/c1-3-4-14-35-29(34-15-12-24(13-16-34)18-23-9-6-5-7-10-23)26(22(2)27(20-33)30(35)37)19-28-31(38)36(32(40)41-28)21-25-11-8-17-39-25/h5-7,9-10,19,24-25H,3-4,8,11-18,21H2,1-2H3. The van der Waals surface area contributed by atoms with Crippen molar-refractivity contribution < 1.29 is 9.53 Å². The predicted octanol–water partition coefficient (Wildman–Crippen LogP) is 5.67. The first-order valence-electron chi connectivity index (χ1n) is 14.7. The Morgan fingerprint density at radius 2 is 1.93 bits per heavy atom. The fraction of sp³-hybridized carbons (Fsp3) is 0.500. The predicted molar refractivity (Wildman–Crippen MR) is 169 cm³/mol. The van der Waals surface area contributed by atoms with Gasteiger partial charge in [-0.3, -0.25) is 19.1 Å². The molecule has 1 atom stereocenters. The van der Waals surface area contributed by atoms with E-state index < -0.39 is 0 Å². The van der Waals surface area contributed by atoms with E-state index in [9.17, 15) is 14.9 Å². The van der Waals surface area contributed by atoms with Gasteiger partial charge in [-0.25, -0.2) is 0 Å². The zero-order valence-corrected chi connectivity index (χ0v) is 25.6. The first kappa shape index (κ1) is 29.6. The van der Waals surface area contributed by atoms with Gasteiger partial charge in [0.2, 0.25) is 0 Å². The smallest absolute Gasteiger partial charge is 0.270 e. The average molecular weight is 591 g/mol. The van der Waals surface area contributed by atoms with Gasteiger partial charge in [0, 0.05) is 31.8 Å². The third-order valence-corrected chi connectivity index (χ3v) is 9.80. The second-order valence-electron chi connectivity index (χ2n) is 11.2. The van der Waals surface area contributed by atoms with Gasteiger partial charge in [0.15, 0.2) is 0 Å². The number of hydrogen-bond acceptors (Lipinski definition) is 7. The van der Waals surface area contributed by atoms with Crippen LogP contribution in [0.25, 0.3) is 6.08 Å². The van der Waals surface area contributed by atoms with Crippen LogP contribution in [-0.4, -0.2) is 52.0 Å². The summed E-state index contributed by atoms with van der Waals surface area (Å²) in [4.78, 5) is 31.6. The molecule has 0 spiro atoms. The summed E-state index contributed by atoms with van der Waals surface area (Å²) >= 11 is 6.90. The molecule has 0 aliphatic carbocycles. The van der Waals surface area contributed by atoms with E-state index in [4.69, 9.17) is 17.0 Å². The van der Waals surface area contributed by atoms with Gasteiger partial charge in [0.1, 0.15) is 21.8 Å². The highest BCUT2D eigenvalue weighted by molar-refractivity contribution is 8.26. The molecule has 7 nitrogen and oxygen atoms in total. The van der Waals surface area contributed by atoms with E-state index in [1.54, 1.807) is 9.47 Å². The summed E-state index contributed by atoms with van der Waals surface area (Å²) in [5, 5.41) is 9.99. The summed E-state index contributed by atoms with van der Waals surface area (Å²) < 4.78 is 8.07. The summed E-state index contributed by atoms with van der Waals surface area (Å²) in [5.74, 6) is 1.26. The van der Waals surface area contributed by atoms with E-state index in [1.807, 2.05) is 19.1 Å². The lowest BCUT2D eigenvalue weighted by atomic mass is 9.90. The Labute approximate surface area is 252 Å². The van der Waals surface area contributed by atoms with Gasteiger partial charge >= 0.3 is 0 Å². The Morgan fingerprint density at radius 1 is 1.17 bits per heavy atom. The largest absolute Gasteiger partial charge is 0.376 e. The number of benzene rings is 1. The number of pyridine rings is 1. The molecule has 9 heteroatoms. The number of unbranched alkanes of at least 4 members (excludes halogenated alkanes) is 1. The SMILES string of the molecule is CCCCn1c(N2CCC(Cc3ccccc3)CC2)c(C=C2SC(=S)N(CC3CCCO3)C2=O)c(C)c(C#N)c1=O. The van der Waals surface area contributed by atoms with Crippen LogP contribution in [0.5, 0.6) is 0 Å². The van der Waals surface area contributed by atoms with Crippen LogP contribution in [0.2, 0.25) is 0 Å². The van der Waals surface area contributed by atoms with Crippen molar-refractivity contribution in [3.63, 3.8) is 0 Å². The van der Waals surface area contributed by atoms with E-state index in [0.717, 1.165) is 76.0 Å². The number of nitriles is 1. The highest BCUT2D eigenvalue weighted by Gasteiger charge is 2.36. The molecule has 0 bridgehead atoms. The number of aromatic nitrogens is 1. The van der Waals surface area contributed by atoms with Crippen molar-refractivity contribution in [3.8, 4) is 6.07 Å². The molecule has 0 N–H and O–H groups in total. The number of thioether (sulfide) groups is 1. The third-order valence-electron chi connectivity index (χ3n) is 8.42. The molecule has 5 rings (SSSR count). The van der Waals surface area contributed by atoms with Crippen molar-refractivity contribution in [1.29, 1.82) is 5.26 Å². The monoisotopic (exact) mass is 590 g/mol. The number of piperidine rings is 1. The Kier molecular flexibility index (Phi) is 9.64. The van der Waals surface area contributed by atoms with Crippen molar-refractivity contribution in [2.75, 3.05) is 31.1 Å². The maximum Gasteiger partial charge on any atom is 0.270 e. The quantitative estimate of drug-likeness (QED) is 0.275. The molecule has 0 radical (unpaired) electrons. The molecule has 4 heterocycles. The Balaban J connectivity index is 1.49. The maximum atomic E-state index is 13.6. The lowest BCUT2D eigenvalue weighted by Crippen LogP contribution is -2.40. The lowest BCUT2D eigenvalue weighted by Gasteiger charge is -2.36. The Bertz CT molecular complexity index is 1420. The van der Waals surface area contributed by atoms with Gasteiger partial charge in [-0.1, -0.05) is 67.7 Å². The van der Waals surface area contributed by atoms with Crippen LogP contribution < -0.4 is 10.5 Å². The molecule has 1 aromatic heterocycles. The molecule has 41 heavy (non-hydrogen) atoms. The summed E-state index contributed by atoms with van der Waals surface area (Å²) in [6.07, 6.45) is 8.63. The molecule has 3 fully saturated rings. The number of carbonyl (C=O) groups is 1. The molecule has 2 aromatic rings. The number of rotatable bonds is 9. The molecule has 3 aliphatic rings. The van der Waals surface area contributed by atoms with E-state index in [0.29, 0.717) is 33.8 Å². The molecule has 216 valence electrons. The van der Waals surface area contributed by atoms with E-state index >= 15 is 0 Å². The number of carbonyl (C=O) groups excluding carboxylic acids is 1. The summed E-state index contributed by atoms with van der Waals surface area (Å²) in [5.41, 5.74) is 2.64. The Morgan fingerprint density at radius 3 is 2.59 bits per heavy atom. The molecule has 3 saturated heterocycles.